The zero-order chi connectivity index (χ0) is 12.1. The molecule has 0 radical (unpaired) electrons. The Bertz CT molecular complexity index is 382. The van der Waals surface area contributed by atoms with Gasteiger partial charge in [0.05, 0.1) is 11.6 Å². The van der Waals surface area contributed by atoms with Crippen LogP contribution in [0.15, 0.2) is 22.7 Å². The van der Waals surface area contributed by atoms with Crippen molar-refractivity contribution in [3.05, 3.63) is 33.3 Å². The Kier molecular flexibility index (Phi) is 5.25. The van der Waals surface area contributed by atoms with Crippen molar-refractivity contribution in [2.75, 3.05) is 20.6 Å². The summed E-state index contributed by atoms with van der Waals surface area (Å²) in [5.74, 6) is 0.0585. The molecule has 16 heavy (non-hydrogen) atoms. The second kappa shape index (κ2) is 6.23. The van der Waals surface area contributed by atoms with E-state index < -0.39 is 0 Å². The maximum absolute atomic E-state index is 11.3. The number of halogens is 2. The molecule has 0 aliphatic carbocycles. The lowest BCUT2D eigenvalue weighted by molar-refractivity contribution is -0.127. The van der Waals surface area contributed by atoms with E-state index >= 15 is 0 Å². The standard InChI is InChI=1S/C11H14BrClN2O/c1-15(2)11(16)7-14-6-8-3-4-9(12)10(13)5-8/h3-5,14H,6-7H2,1-2H3. The van der Waals surface area contributed by atoms with Gasteiger partial charge in [0.2, 0.25) is 5.91 Å². The van der Waals surface area contributed by atoms with Gasteiger partial charge >= 0.3 is 0 Å². The minimum absolute atomic E-state index is 0.0585. The number of nitrogens with zero attached hydrogens (tertiary/aromatic N) is 1. The summed E-state index contributed by atoms with van der Waals surface area (Å²) in [7, 11) is 3.47. The number of hydrogen-bond acceptors (Lipinski definition) is 2. The highest BCUT2D eigenvalue weighted by molar-refractivity contribution is 9.10. The van der Waals surface area contributed by atoms with Crippen LogP contribution in [-0.4, -0.2) is 31.4 Å². The lowest BCUT2D eigenvalue weighted by atomic mass is 10.2. The van der Waals surface area contributed by atoms with Crippen molar-refractivity contribution < 1.29 is 4.79 Å². The average Bonchev–Trinajstić information content (AvgIpc) is 2.23. The summed E-state index contributed by atoms with van der Waals surface area (Å²) in [4.78, 5) is 12.8. The van der Waals surface area contributed by atoms with Gasteiger partial charge in [-0.05, 0) is 33.6 Å². The summed E-state index contributed by atoms with van der Waals surface area (Å²) in [6.07, 6.45) is 0. The van der Waals surface area contributed by atoms with Gasteiger partial charge in [0.1, 0.15) is 0 Å². The largest absolute Gasteiger partial charge is 0.348 e. The van der Waals surface area contributed by atoms with Crippen LogP contribution >= 0.6 is 27.5 Å². The van der Waals surface area contributed by atoms with Crippen molar-refractivity contribution in [3.63, 3.8) is 0 Å². The van der Waals surface area contributed by atoms with Gasteiger partial charge in [0, 0.05) is 25.1 Å². The quantitative estimate of drug-likeness (QED) is 0.925. The Morgan fingerprint density at radius 3 is 2.75 bits per heavy atom. The van der Waals surface area contributed by atoms with Crippen molar-refractivity contribution in [1.29, 1.82) is 0 Å². The summed E-state index contributed by atoms with van der Waals surface area (Å²) in [6.45, 7) is 0.966. The highest BCUT2D eigenvalue weighted by Gasteiger charge is 2.03. The number of nitrogens with one attached hydrogen (secondary N) is 1. The third-order valence-corrected chi connectivity index (χ3v) is 3.32. The van der Waals surface area contributed by atoms with Crippen LogP contribution in [-0.2, 0) is 11.3 Å². The molecule has 0 spiro atoms. The van der Waals surface area contributed by atoms with Gasteiger partial charge in [0.25, 0.3) is 0 Å². The van der Waals surface area contributed by atoms with Crippen LogP contribution in [0, 0.1) is 0 Å². The lowest BCUT2D eigenvalue weighted by Gasteiger charge is -2.11. The van der Waals surface area contributed by atoms with Crippen molar-refractivity contribution in [1.82, 2.24) is 10.2 Å². The van der Waals surface area contributed by atoms with Crippen molar-refractivity contribution in [2.45, 2.75) is 6.54 Å². The smallest absolute Gasteiger partial charge is 0.236 e. The molecule has 0 bridgehead atoms. The van der Waals surface area contributed by atoms with Crippen LogP contribution in [0.4, 0.5) is 0 Å². The molecule has 88 valence electrons. The Morgan fingerprint density at radius 1 is 1.50 bits per heavy atom. The van der Waals surface area contributed by atoms with Gasteiger partial charge in [0.15, 0.2) is 0 Å². The van der Waals surface area contributed by atoms with E-state index in [4.69, 9.17) is 11.6 Å². The maximum atomic E-state index is 11.3. The van der Waals surface area contributed by atoms with Crippen LogP contribution in [0.2, 0.25) is 5.02 Å². The van der Waals surface area contributed by atoms with E-state index in [1.807, 2.05) is 18.2 Å². The van der Waals surface area contributed by atoms with E-state index in [2.05, 4.69) is 21.2 Å². The van der Waals surface area contributed by atoms with Gasteiger partial charge in [-0.2, -0.15) is 0 Å². The minimum atomic E-state index is 0.0585. The average molecular weight is 306 g/mol. The second-order valence-electron chi connectivity index (χ2n) is 3.64. The Balaban J connectivity index is 2.43. The number of carbonyl (C=O) groups excluding carboxylic acids is 1. The van der Waals surface area contributed by atoms with E-state index in [1.54, 1.807) is 19.0 Å². The molecule has 0 saturated carbocycles. The molecule has 0 fully saturated rings. The second-order valence-corrected chi connectivity index (χ2v) is 4.90. The first-order valence-corrected chi connectivity index (χ1v) is 6.02. The summed E-state index contributed by atoms with van der Waals surface area (Å²) < 4.78 is 0.877. The monoisotopic (exact) mass is 304 g/mol. The van der Waals surface area contributed by atoms with Gasteiger partial charge in [-0.25, -0.2) is 0 Å². The fourth-order valence-electron chi connectivity index (χ4n) is 1.12. The van der Waals surface area contributed by atoms with Gasteiger partial charge in [-0.15, -0.1) is 0 Å². The number of benzene rings is 1. The molecule has 1 aromatic carbocycles. The fourth-order valence-corrected chi connectivity index (χ4v) is 1.57. The van der Waals surface area contributed by atoms with Crippen molar-refractivity contribution in [2.24, 2.45) is 0 Å². The first-order valence-electron chi connectivity index (χ1n) is 4.85. The maximum Gasteiger partial charge on any atom is 0.236 e. The molecular weight excluding hydrogens is 291 g/mol. The third-order valence-electron chi connectivity index (χ3n) is 2.09. The van der Waals surface area contributed by atoms with Gasteiger partial charge < -0.3 is 10.2 Å². The number of hydrogen-bond donors (Lipinski definition) is 1. The van der Waals surface area contributed by atoms with Crippen LogP contribution in [0.1, 0.15) is 5.56 Å². The predicted octanol–water partition coefficient (Wildman–Crippen LogP) is 2.28. The molecule has 0 aromatic heterocycles. The molecule has 5 heteroatoms. The van der Waals surface area contributed by atoms with Crippen molar-refractivity contribution >= 4 is 33.4 Å². The zero-order valence-electron chi connectivity index (χ0n) is 9.26. The normalized spacial score (nSPS) is 10.2. The van der Waals surface area contributed by atoms with Crippen LogP contribution in [0.5, 0.6) is 0 Å². The number of likely N-dealkylation sites (N-methyl/N-ethyl adjacent to an activating group) is 1. The first kappa shape index (κ1) is 13.5. The molecule has 0 atom stereocenters. The zero-order valence-corrected chi connectivity index (χ0v) is 11.6. The fraction of sp³-hybridized carbons (Fsp3) is 0.364. The van der Waals surface area contributed by atoms with E-state index in [0.717, 1.165) is 10.0 Å². The highest BCUT2D eigenvalue weighted by Crippen LogP contribution is 2.22. The van der Waals surface area contributed by atoms with E-state index in [1.165, 1.54) is 0 Å². The number of amides is 1. The molecule has 0 unspecified atom stereocenters. The molecule has 1 amide bonds. The van der Waals surface area contributed by atoms with Crippen molar-refractivity contribution in [3.8, 4) is 0 Å². The molecule has 0 aliphatic rings. The molecule has 1 aromatic rings. The molecule has 3 nitrogen and oxygen atoms in total. The molecule has 0 aliphatic heterocycles. The first-order chi connectivity index (χ1) is 7.50. The van der Waals surface area contributed by atoms with Gasteiger partial charge in [-0.3, -0.25) is 4.79 Å². The molecule has 1 N–H and O–H groups in total. The topological polar surface area (TPSA) is 32.3 Å². The summed E-state index contributed by atoms with van der Waals surface area (Å²) >= 11 is 9.28. The summed E-state index contributed by atoms with van der Waals surface area (Å²) in [5, 5.41) is 3.74. The molecular formula is C11H14BrClN2O. The Labute approximate surface area is 109 Å². The van der Waals surface area contributed by atoms with Gasteiger partial charge in [-0.1, -0.05) is 17.7 Å². The van der Waals surface area contributed by atoms with E-state index in [0.29, 0.717) is 18.1 Å². The lowest BCUT2D eigenvalue weighted by Crippen LogP contribution is -2.32. The molecule has 0 heterocycles. The molecule has 1 rings (SSSR count). The van der Waals surface area contributed by atoms with Crippen LogP contribution in [0.3, 0.4) is 0 Å². The predicted molar refractivity (Wildman–Crippen MR) is 69.6 cm³/mol. The SMILES string of the molecule is CN(C)C(=O)CNCc1ccc(Br)c(Cl)c1. The van der Waals surface area contributed by atoms with Crippen LogP contribution in [0.25, 0.3) is 0 Å². The minimum Gasteiger partial charge on any atom is -0.348 e. The van der Waals surface area contributed by atoms with Crippen LogP contribution < -0.4 is 5.32 Å². The Morgan fingerprint density at radius 2 is 2.19 bits per heavy atom. The summed E-state index contributed by atoms with van der Waals surface area (Å²) in [5.41, 5.74) is 1.06. The Hall–Kier alpha value is -0.580. The number of carbonyl (C=O) groups is 1. The van der Waals surface area contributed by atoms with E-state index in [9.17, 15) is 4.79 Å². The van der Waals surface area contributed by atoms with E-state index in [-0.39, 0.29) is 5.91 Å². The molecule has 0 saturated heterocycles. The summed E-state index contributed by atoms with van der Waals surface area (Å²) in [6, 6.07) is 5.73. The highest BCUT2D eigenvalue weighted by atomic mass is 79.9. The third kappa shape index (κ3) is 4.12. The number of rotatable bonds is 4.